The lowest BCUT2D eigenvalue weighted by Gasteiger charge is -2.15. The van der Waals surface area contributed by atoms with E-state index in [1.165, 1.54) is 63.1 Å². The lowest BCUT2D eigenvalue weighted by Crippen LogP contribution is -2.42. The summed E-state index contributed by atoms with van der Waals surface area (Å²) in [5.41, 5.74) is 0.530. The van der Waals surface area contributed by atoms with Crippen LogP contribution in [0.5, 0.6) is 11.5 Å². The molecule has 1 rings (SSSR count). The van der Waals surface area contributed by atoms with Crippen molar-refractivity contribution in [3.8, 4) is 11.5 Å². The average molecular weight is 394 g/mol. The average Bonchev–Trinajstić information content (AvgIpc) is 2.65. The van der Waals surface area contributed by atoms with Crippen molar-refractivity contribution in [2.24, 2.45) is 0 Å². The van der Waals surface area contributed by atoms with Crippen LogP contribution in [0.4, 0.5) is 0 Å². The minimum Gasteiger partial charge on any atom is -0.504 e. The summed E-state index contributed by atoms with van der Waals surface area (Å²) < 4.78 is 0. The number of rotatable bonds is 15. The number of phenols is 2. The number of nitrogens with one attached hydrogen (secondary N) is 1. The Bertz CT molecular complexity index is 603. The maximum Gasteiger partial charge on any atom is 0.326 e. The van der Waals surface area contributed by atoms with Gasteiger partial charge in [-0.1, -0.05) is 70.8 Å². The van der Waals surface area contributed by atoms with Gasteiger partial charge in [-0.05, 0) is 24.1 Å². The maximum absolute atomic E-state index is 12.0. The minimum atomic E-state index is -1.12. The molecule has 6 nitrogen and oxygen atoms in total. The molecule has 0 radical (unpaired) electrons. The van der Waals surface area contributed by atoms with E-state index in [0.29, 0.717) is 12.0 Å². The standard InChI is InChI=1S/C22H35NO5/c1-2-3-4-5-6-7-8-9-10-11-12-21(26)23-18(22(27)28)15-17-13-14-19(24)20(25)16-17/h13-14,16,18,24-25H,2-12,15H2,1H3,(H,23,26)(H,27,28)/t18-/m0/s1. The van der Waals surface area contributed by atoms with E-state index in [2.05, 4.69) is 12.2 Å². The smallest absolute Gasteiger partial charge is 0.326 e. The van der Waals surface area contributed by atoms with Gasteiger partial charge in [0.2, 0.25) is 5.91 Å². The molecule has 6 heteroatoms. The topological polar surface area (TPSA) is 107 Å². The van der Waals surface area contributed by atoms with E-state index in [4.69, 9.17) is 0 Å². The van der Waals surface area contributed by atoms with E-state index in [9.17, 15) is 24.9 Å². The Morgan fingerprint density at radius 2 is 1.46 bits per heavy atom. The molecule has 0 aliphatic rings. The molecule has 0 saturated heterocycles. The zero-order chi connectivity index (χ0) is 20.8. The van der Waals surface area contributed by atoms with Crippen LogP contribution >= 0.6 is 0 Å². The first-order chi connectivity index (χ1) is 13.4. The third-order valence-corrected chi connectivity index (χ3v) is 4.87. The number of benzene rings is 1. The molecule has 0 aliphatic carbocycles. The van der Waals surface area contributed by atoms with E-state index in [-0.39, 0.29) is 23.8 Å². The summed E-state index contributed by atoms with van der Waals surface area (Å²) in [7, 11) is 0. The summed E-state index contributed by atoms with van der Waals surface area (Å²) in [5.74, 6) is -1.96. The SMILES string of the molecule is CCCCCCCCCCCCC(=O)N[C@@H](Cc1ccc(O)c(O)c1)C(=O)O. The Morgan fingerprint density at radius 3 is 2.00 bits per heavy atom. The molecule has 1 amide bonds. The first kappa shape index (κ1) is 23.8. The molecule has 0 heterocycles. The molecule has 4 N–H and O–H groups in total. The van der Waals surface area contributed by atoms with Crippen LogP contribution < -0.4 is 5.32 Å². The lowest BCUT2D eigenvalue weighted by molar-refractivity contribution is -0.141. The number of hydrogen-bond acceptors (Lipinski definition) is 4. The Hall–Kier alpha value is -2.24. The number of aliphatic carboxylic acids is 1. The Balaban J connectivity index is 2.22. The molecule has 1 aromatic rings. The van der Waals surface area contributed by atoms with Gasteiger partial charge in [0, 0.05) is 12.8 Å². The number of hydrogen-bond donors (Lipinski definition) is 4. The van der Waals surface area contributed by atoms with Crippen molar-refractivity contribution in [3.05, 3.63) is 23.8 Å². The summed E-state index contributed by atoms with van der Waals surface area (Å²) in [5, 5.41) is 30.7. The molecular formula is C22H35NO5. The van der Waals surface area contributed by atoms with Crippen LogP contribution in [0.1, 0.15) is 83.1 Å². The fourth-order valence-electron chi connectivity index (χ4n) is 3.17. The first-order valence-electron chi connectivity index (χ1n) is 10.5. The Labute approximate surface area is 168 Å². The fourth-order valence-corrected chi connectivity index (χ4v) is 3.17. The van der Waals surface area contributed by atoms with Crippen LogP contribution in [-0.4, -0.2) is 33.2 Å². The monoisotopic (exact) mass is 393 g/mol. The van der Waals surface area contributed by atoms with Crippen molar-refractivity contribution < 1.29 is 24.9 Å². The third-order valence-electron chi connectivity index (χ3n) is 4.87. The van der Waals surface area contributed by atoms with Gasteiger partial charge in [0.05, 0.1) is 0 Å². The van der Waals surface area contributed by atoms with Gasteiger partial charge in [-0.25, -0.2) is 4.79 Å². The number of amides is 1. The van der Waals surface area contributed by atoms with Crippen molar-refractivity contribution in [2.45, 2.75) is 90.0 Å². The van der Waals surface area contributed by atoms with Crippen molar-refractivity contribution >= 4 is 11.9 Å². The number of carbonyl (C=O) groups is 2. The van der Waals surface area contributed by atoms with E-state index in [1.807, 2.05) is 0 Å². The Morgan fingerprint density at radius 1 is 0.893 bits per heavy atom. The summed E-state index contributed by atoms with van der Waals surface area (Å²) in [6.07, 6.45) is 12.2. The lowest BCUT2D eigenvalue weighted by atomic mass is 10.0. The van der Waals surface area contributed by atoms with Crippen LogP contribution in [0.3, 0.4) is 0 Å². The van der Waals surface area contributed by atoms with Crippen molar-refractivity contribution in [1.82, 2.24) is 5.32 Å². The van der Waals surface area contributed by atoms with Crippen molar-refractivity contribution in [2.75, 3.05) is 0 Å². The summed E-state index contributed by atoms with van der Waals surface area (Å²) in [6, 6.07) is 3.08. The normalized spacial score (nSPS) is 11.9. The van der Waals surface area contributed by atoms with Crippen LogP contribution in [0.25, 0.3) is 0 Å². The second kappa shape index (κ2) is 13.9. The summed E-state index contributed by atoms with van der Waals surface area (Å²) >= 11 is 0. The van der Waals surface area contributed by atoms with E-state index in [1.54, 1.807) is 0 Å². The maximum atomic E-state index is 12.0. The molecular weight excluding hydrogens is 358 g/mol. The number of phenolic OH excluding ortho intramolecular Hbond substituents is 2. The zero-order valence-corrected chi connectivity index (χ0v) is 17.0. The second-order valence-corrected chi connectivity index (χ2v) is 7.42. The van der Waals surface area contributed by atoms with E-state index in [0.717, 1.165) is 19.3 Å². The van der Waals surface area contributed by atoms with Gasteiger partial charge < -0.3 is 20.6 Å². The van der Waals surface area contributed by atoms with Crippen molar-refractivity contribution in [1.29, 1.82) is 0 Å². The highest BCUT2D eigenvalue weighted by Crippen LogP contribution is 2.25. The molecule has 0 bridgehead atoms. The number of carboxylic acids is 1. The fraction of sp³-hybridized carbons (Fsp3) is 0.636. The summed E-state index contributed by atoms with van der Waals surface area (Å²) in [4.78, 5) is 23.4. The molecule has 1 aromatic carbocycles. The molecule has 0 fully saturated rings. The molecule has 0 aliphatic heterocycles. The molecule has 0 aromatic heterocycles. The molecule has 158 valence electrons. The van der Waals surface area contributed by atoms with E-state index < -0.39 is 12.0 Å². The van der Waals surface area contributed by atoms with Gasteiger partial charge >= 0.3 is 5.97 Å². The van der Waals surface area contributed by atoms with Gasteiger partial charge in [0.25, 0.3) is 0 Å². The van der Waals surface area contributed by atoms with Crippen LogP contribution in [-0.2, 0) is 16.0 Å². The van der Waals surface area contributed by atoms with Gasteiger partial charge in [0.1, 0.15) is 6.04 Å². The van der Waals surface area contributed by atoms with Gasteiger partial charge in [-0.15, -0.1) is 0 Å². The molecule has 1 atom stereocenters. The highest BCUT2D eigenvalue weighted by atomic mass is 16.4. The number of carbonyl (C=O) groups excluding carboxylic acids is 1. The van der Waals surface area contributed by atoms with Crippen LogP contribution in [0.2, 0.25) is 0 Å². The van der Waals surface area contributed by atoms with Crippen LogP contribution in [0, 0.1) is 0 Å². The van der Waals surface area contributed by atoms with Gasteiger partial charge in [0.15, 0.2) is 11.5 Å². The third kappa shape index (κ3) is 10.2. The number of carboxylic acid groups (broad SMARTS) is 1. The second-order valence-electron chi connectivity index (χ2n) is 7.42. The van der Waals surface area contributed by atoms with Gasteiger partial charge in [-0.3, -0.25) is 4.79 Å². The zero-order valence-electron chi connectivity index (χ0n) is 17.0. The predicted molar refractivity (Wildman–Crippen MR) is 110 cm³/mol. The number of unbranched alkanes of at least 4 members (excludes halogenated alkanes) is 9. The molecule has 0 spiro atoms. The van der Waals surface area contributed by atoms with Crippen molar-refractivity contribution in [3.63, 3.8) is 0 Å². The predicted octanol–water partition coefficient (Wildman–Crippen LogP) is 4.52. The largest absolute Gasteiger partial charge is 0.504 e. The highest BCUT2D eigenvalue weighted by molar-refractivity contribution is 5.83. The minimum absolute atomic E-state index is 0.0486. The highest BCUT2D eigenvalue weighted by Gasteiger charge is 2.20. The first-order valence-corrected chi connectivity index (χ1v) is 10.5. The summed E-state index contributed by atoms with van der Waals surface area (Å²) in [6.45, 7) is 2.22. The Kier molecular flexibility index (Phi) is 11.8. The van der Waals surface area contributed by atoms with Crippen LogP contribution in [0.15, 0.2) is 18.2 Å². The number of aromatic hydroxyl groups is 2. The van der Waals surface area contributed by atoms with E-state index >= 15 is 0 Å². The molecule has 28 heavy (non-hydrogen) atoms. The molecule has 0 saturated carbocycles. The van der Waals surface area contributed by atoms with Gasteiger partial charge in [-0.2, -0.15) is 0 Å². The quantitative estimate of drug-likeness (QED) is 0.259. The molecule has 0 unspecified atom stereocenters.